The maximum atomic E-state index is 4.44. The molecule has 300 valence electrons. The number of hydrogen-bond acceptors (Lipinski definition) is 2. The predicted octanol–water partition coefficient (Wildman–Crippen LogP) is 16.1. The second kappa shape index (κ2) is 19.9. The first-order chi connectivity index (χ1) is 28.8. The Kier molecular flexibility index (Phi) is 14.2. The highest BCUT2D eigenvalue weighted by Gasteiger charge is 1.98. The van der Waals surface area contributed by atoms with Crippen LogP contribution in [0.15, 0.2) is 170 Å². The van der Waals surface area contributed by atoms with Gasteiger partial charge in [0, 0.05) is 22.7 Å². The van der Waals surface area contributed by atoms with Gasteiger partial charge in [0.15, 0.2) is 0 Å². The molecule has 0 saturated carbocycles. The molecule has 0 N–H and O–H groups in total. The second-order valence-electron chi connectivity index (χ2n) is 16.4. The highest BCUT2D eigenvalue weighted by molar-refractivity contribution is 5.87. The van der Waals surface area contributed by atoms with Crippen molar-refractivity contribution < 1.29 is 0 Å². The van der Waals surface area contributed by atoms with Crippen molar-refractivity contribution in [3.63, 3.8) is 0 Å². The van der Waals surface area contributed by atoms with Crippen LogP contribution in [0.1, 0.15) is 55.8 Å². The molecule has 0 spiro atoms. The molecule has 2 nitrogen and oxygen atoms in total. The van der Waals surface area contributed by atoms with Crippen LogP contribution in [-0.4, -0.2) is 9.97 Å². The third kappa shape index (κ3) is 12.0. The summed E-state index contributed by atoms with van der Waals surface area (Å²) in [6.45, 7) is 21.0. The molecular weight excluding hydrogens is 725 g/mol. The maximum Gasteiger partial charge on any atom is 0.0707 e. The number of nitrogens with zero attached hydrogens (tertiary/aromatic N) is 2. The molecule has 10 aromatic rings. The van der Waals surface area contributed by atoms with Crippen molar-refractivity contribution in [3.05, 3.63) is 226 Å². The smallest absolute Gasteiger partial charge is 0.0707 e. The van der Waals surface area contributed by atoms with Gasteiger partial charge in [-0.2, -0.15) is 0 Å². The molecule has 0 aliphatic rings. The van der Waals surface area contributed by atoms with Crippen LogP contribution in [0.5, 0.6) is 0 Å². The molecule has 0 saturated heterocycles. The molecule has 0 aliphatic heterocycles. The first-order valence-electron chi connectivity index (χ1n) is 20.9. The zero-order chi connectivity index (χ0) is 42.8. The lowest BCUT2D eigenvalue weighted by molar-refractivity contribution is 1.25. The minimum Gasteiger partial charge on any atom is -0.256 e. The van der Waals surface area contributed by atoms with E-state index in [2.05, 4.69) is 230 Å². The summed E-state index contributed by atoms with van der Waals surface area (Å²) in [5.41, 5.74) is 15.0. The number of fused-ring (bicyclic) bond motifs is 5. The summed E-state index contributed by atoms with van der Waals surface area (Å²) in [5.74, 6) is 0. The topological polar surface area (TPSA) is 25.8 Å². The first kappa shape index (κ1) is 43.0. The van der Waals surface area contributed by atoms with E-state index in [9.17, 15) is 0 Å². The fraction of sp³-hybridized carbons (Fsp3) is 0.172. The summed E-state index contributed by atoms with van der Waals surface area (Å²) in [6, 6.07) is 58.1. The number of aromatic nitrogens is 2. The summed E-state index contributed by atoms with van der Waals surface area (Å²) >= 11 is 0. The highest BCUT2D eigenvalue weighted by Crippen LogP contribution is 2.21. The third-order valence-corrected chi connectivity index (χ3v) is 10.5. The zero-order valence-electron chi connectivity index (χ0n) is 37.1. The van der Waals surface area contributed by atoms with Gasteiger partial charge in [-0.05, 0) is 148 Å². The molecule has 0 bridgehead atoms. The molecule has 0 radical (unpaired) electrons. The van der Waals surface area contributed by atoms with E-state index < -0.39 is 0 Å². The molecule has 60 heavy (non-hydrogen) atoms. The summed E-state index contributed by atoms with van der Waals surface area (Å²) in [5, 5.41) is 10.5. The van der Waals surface area contributed by atoms with Crippen molar-refractivity contribution in [3.8, 4) is 0 Å². The van der Waals surface area contributed by atoms with E-state index >= 15 is 0 Å². The van der Waals surface area contributed by atoms with Crippen molar-refractivity contribution in [2.24, 2.45) is 0 Å². The Hall–Kier alpha value is -6.64. The number of aryl methyl sites for hydroxylation is 10. The van der Waals surface area contributed by atoms with Gasteiger partial charge < -0.3 is 0 Å². The van der Waals surface area contributed by atoms with Gasteiger partial charge in [-0.1, -0.05) is 167 Å². The van der Waals surface area contributed by atoms with Gasteiger partial charge in [0.1, 0.15) is 0 Å². The predicted molar refractivity (Wildman–Crippen MR) is 263 cm³/mol. The number of benzene rings is 8. The van der Waals surface area contributed by atoms with E-state index in [4.69, 9.17) is 0 Å². The summed E-state index contributed by atoms with van der Waals surface area (Å²) in [4.78, 5) is 8.78. The SMILES string of the molecule is Cc1ccc2cc(C)ccc2c1.Cc1ccc2ccc(C)cc2c1.Cc1ccc2ccc(C)nc2c1.Cc1ccc2cccc(C)c2c1.Cc1cnc2cc(C)ccc2c1. The lowest BCUT2D eigenvalue weighted by Gasteiger charge is -2.01. The molecule has 2 aromatic heterocycles. The van der Waals surface area contributed by atoms with E-state index in [0.717, 1.165) is 16.7 Å². The Morgan fingerprint density at radius 2 is 0.700 bits per heavy atom. The Labute approximate surface area is 357 Å². The van der Waals surface area contributed by atoms with Gasteiger partial charge in [-0.25, -0.2) is 0 Å². The minimum absolute atomic E-state index is 1.08. The van der Waals surface area contributed by atoms with Crippen molar-refractivity contribution in [2.45, 2.75) is 69.2 Å². The average molecular weight is 783 g/mol. The Morgan fingerprint density at radius 1 is 0.283 bits per heavy atom. The molecule has 8 aromatic carbocycles. The van der Waals surface area contributed by atoms with E-state index in [1.54, 1.807) is 0 Å². The maximum absolute atomic E-state index is 4.44. The monoisotopic (exact) mass is 782 g/mol. The molecule has 2 heterocycles. The van der Waals surface area contributed by atoms with Crippen LogP contribution in [0.3, 0.4) is 0 Å². The Balaban J connectivity index is 0.000000126. The Bertz CT molecular complexity index is 2710. The van der Waals surface area contributed by atoms with Gasteiger partial charge in [0.05, 0.1) is 11.0 Å². The van der Waals surface area contributed by atoms with Gasteiger partial charge in [0.2, 0.25) is 0 Å². The van der Waals surface area contributed by atoms with E-state index in [-0.39, 0.29) is 0 Å². The quantitative estimate of drug-likeness (QED) is 0.153. The van der Waals surface area contributed by atoms with Crippen LogP contribution >= 0.6 is 0 Å². The normalized spacial score (nSPS) is 10.5. The highest BCUT2D eigenvalue weighted by atomic mass is 14.7. The van der Waals surface area contributed by atoms with E-state index in [0.29, 0.717) is 0 Å². The largest absolute Gasteiger partial charge is 0.256 e. The average Bonchev–Trinajstić information content (AvgIpc) is 3.22. The molecular formula is C58H58N2. The van der Waals surface area contributed by atoms with E-state index in [1.807, 2.05) is 19.2 Å². The molecule has 10 rings (SSSR count). The van der Waals surface area contributed by atoms with Crippen molar-refractivity contribution >= 4 is 54.1 Å². The van der Waals surface area contributed by atoms with Crippen LogP contribution in [0.4, 0.5) is 0 Å². The minimum atomic E-state index is 1.08. The molecule has 0 atom stereocenters. The number of hydrogen-bond donors (Lipinski definition) is 0. The van der Waals surface area contributed by atoms with Gasteiger partial charge >= 0.3 is 0 Å². The number of pyridine rings is 2. The van der Waals surface area contributed by atoms with Crippen LogP contribution in [0.2, 0.25) is 0 Å². The lowest BCUT2D eigenvalue weighted by atomic mass is 10.0. The van der Waals surface area contributed by atoms with Crippen LogP contribution in [-0.2, 0) is 0 Å². The molecule has 0 fully saturated rings. The Morgan fingerprint density at radius 3 is 1.28 bits per heavy atom. The first-order valence-corrected chi connectivity index (χ1v) is 20.9. The van der Waals surface area contributed by atoms with Crippen LogP contribution in [0.25, 0.3) is 54.1 Å². The van der Waals surface area contributed by atoms with Crippen molar-refractivity contribution in [2.75, 3.05) is 0 Å². The summed E-state index contributed by atoms with van der Waals surface area (Å²) in [7, 11) is 0. The van der Waals surface area contributed by atoms with Gasteiger partial charge in [-0.15, -0.1) is 0 Å². The van der Waals surface area contributed by atoms with Crippen LogP contribution in [0, 0.1) is 69.2 Å². The fourth-order valence-electron chi connectivity index (χ4n) is 7.18. The third-order valence-electron chi connectivity index (χ3n) is 10.5. The molecule has 0 aliphatic carbocycles. The van der Waals surface area contributed by atoms with Crippen LogP contribution < -0.4 is 0 Å². The summed E-state index contributed by atoms with van der Waals surface area (Å²) in [6.07, 6.45) is 1.90. The second-order valence-corrected chi connectivity index (χ2v) is 16.4. The fourth-order valence-corrected chi connectivity index (χ4v) is 7.18. The molecule has 2 heteroatoms. The van der Waals surface area contributed by atoms with Crippen molar-refractivity contribution in [1.82, 2.24) is 9.97 Å². The van der Waals surface area contributed by atoms with E-state index in [1.165, 1.54) is 93.2 Å². The lowest BCUT2D eigenvalue weighted by Crippen LogP contribution is -1.83. The van der Waals surface area contributed by atoms with Gasteiger partial charge in [0.25, 0.3) is 0 Å². The zero-order valence-corrected chi connectivity index (χ0v) is 37.1. The summed E-state index contributed by atoms with van der Waals surface area (Å²) < 4.78 is 0. The van der Waals surface area contributed by atoms with Crippen molar-refractivity contribution in [1.29, 1.82) is 0 Å². The number of rotatable bonds is 0. The molecule has 0 unspecified atom stereocenters. The van der Waals surface area contributed by atoms with Gasteiger partial charge in [-0.3, -0.25) is 9.97 Å². The standard InChI is InChI=1S/3C12H12.2C11H11N/c1-9-3-5-12-8-10(2)4-6-11(12)7-9;1-9-3-5-11-6-4-10(2)8-12(11)7-9;1-9-6-7-11-5-3-4-10(2)12(11)8-9;1-8-3-5-10-6-4-9(2)12-11(10)7-8;1-8-3-4-10-5-9(2)7-12-11(10)6-8/h3*3-8H,1-2H3;2*3-7H,1-2H3. The molecule has 0 amide bonds.